The summed E-state index contributed by atoms with van der Waals surface area (Å²) in [5.41, 5.74) is 6.12. The smallest absolute Gasteiger partial charge is 0.308 e. The van der Waals surface area contributed by atoms with Gasteiger partial charge in [-0.2, -0.15) is 0 Å². The zero-order valence-corrected chi connectivity index (χ0v) is 9.42. The van der Waals surface area contributed by atoms with E-state index in [-0.39, 0.29) is 0 Å². The number of hydrogen-bond acceptors (Lipinski definition) is 4. The first kappa shape index (κ1) is 10.8. The van der Waals surface area contributed by atoms with Gasteiger partial charge in [0.05, 0.1) is 11.6 Å². The monoisotopic (exact) mass is 259 g/mol. The summed E-state index contributed by atoms with van der Waals surface area (Å²) >= 11 is 3.23. The maximum atomic E-state index is 10.8. The molecule has 76 valence electrons. The Bertz CT molecular complexity index is 365. The fourth-order valence-corrected chi connectivity index (χ4v) is 1.52. The minimum Gasteiger partial charge on any atom is -0.493 e. The van der Waals surface area contributed by atoms with E-state index in [0.29, 0.717) is 21.7 Å². The van der Waals surface area contributed by atoms with Crippen LogP contribution in [0.1, 0.15) is 6.92 Å². The minimum atomic E-state index is -0.409. The molecule has 0 saturated carbocycles. The normalized spacial score (nSPS) is 9.64. The highest BCUT2D eigenvalue weighted by Gasteiger charge is 2.12. The van der Waals surface area contributed by atoms with Gasteiger partial charge in [0.2, 0.25) is 0 Å². The first-order valence-electron chi connectivity index (χ1n) is 3.86. The van der Waals surface area contributed by atoms with Crippen molar-refractivity contribution in [1.29, 1.82) is 0 Å². The van der Waals surface area contributed by atoms with Crippen LogP contribution in [-0.2, 0) is 4.79 Å². The Morgan fingerprint density at radius 1 is 1.50 bits per heavy atom. The Morgan fingerprint density at radius 2 is 2.14 bits per heavy atom. The van der Waals surface area contributed by atoms with E-state index in [9.17, 15) is 4.79 Å². The average Bonchev–Trinajstić information content (AvgIpc) is 2.08. The van der Waals surface area contributed by atoms with Gasteiger partial charge in [-0.25, -0.2) is 0 Å². The number of nitrogens with two attached hydrogens (primary N) is 1. The van der Waals surface area contributed by atoms with Gasteiger partial charge in [0.25, 0.3) is 0 Å². The van der Waals surface area contributed by atoms with Crippen LogP contribution in [0.3, 0.4) is 0 Å². The minimum absolute atomic E-state index is 0.342. The van der Waals surface area contributed by atoms with Gasteiger partial charge in [0.1, 0.15) is 0 Å². The van der Waals surface area contributed by atoms with Gasteiger partial charge < -0.3 is 15.2 Å². The lowest BCUT2D eigenvalue weighted by Crippen LogP contribution is -2.04. The number of esters is 1. The lowest BCUT2D eigenvalue weighted by molar-refractivity contribution is -0.132. The largest absolute Gasteiger partial charge is 0.493 e. The molecule has 1 aromatic rings. The molecule has 4 nitrogen and oxygen atoms in total. The van der Waals surface area contributed by atoms with Gasteiger partial charge in [-0.05, 0) is 22.0 Å². The molecule has 0 aliphatic heterocycles. The van der Waals surface area contributed by atoms with Crippen LogP contribution in [0.25, 0.3) is 0 Å². The average molecular weight is 260 g/mol. The van der Waals surface area contributed by atoms with Crippen LogP contribution in [0.2, 0.25) is 0 Å². The third-order valence-electron chi connectivity index (χ3n) is 1.50. The number of methoxy groups -OCH3 is 1. The second kappa shape index (κ2) is 4.32. The number of carbonyl (C=O) groups is 1. The van der Waals surface area contributed by atoms with E-state index in [1.54, 1.807) is 12.1 Å². The molecule has 1 rings (SSSR count). The lowest BCUT2D eigenvalue weighted by Gasteiger charge is -2.10. The van der Waals surface area contributed by atoms with Crippen molar-refractivity contribution in [3.05, 3.63) is 16.6 Å². The van der Waals surface area contributed by atoms with Crippen molar-refractivity contribution in [1.82, 2.24) is 0 Å². The molecule has 0 aliphatic carbocycles. The highest BCUT2D eigenvalue weighted by atomic mass is 79.9. The molecule has 0 atom stereocenters. The van der Waals surface area contributed by atoms with E-state index in [4.69, 9.17) is 15.2 Å². The second-order valence-corrected chi connectivity index (χ2v) is 3.48. The van der Waals surface area contributed by atoms with Crippen LogP contribution >= 0.6 is 15.9 Å². The highest BCUT2D eigenvalue weighted by Crippen LogP contribution is 2.37. The summed E-state index contributed by atoms with van der Waals surface area (Å²) < 4.78 is 10.6. The molecule has 0 saturated heterocycles. The zero-order valence-electron chi connectivity index (χ0n) is 7.83. The molecule has 0 heterocycles. The van der Waals surface area contributed by atoms with E-state index in [2.05, 4.69) is 15.9 Å². The summed E-state index contributed by atoms with van der Waals surface area (Å²) in [5, 5.41) is 0. The second-order valence-electron chi connectivity index (χ2n) is 2.63. The van der Waals surface area contributed by atoms with Crippen molar-refractivity contribution in [3.8, 4) is 11.5 Å². The van der Waals surface area contributed by atoms with Crippen LogP contribution in [-0.4, -0.2) is 13.1 Å². The predicted molar refractivity (Wildman–Crippen MR) is 56.4 cm³/mol. The molecule has 0 amide bonds. The Morgan fingerprint density at radius 3 is 2.64 bits per heavy atom. The summed E-state index contributed by atoms with van der Waals surface area (Å²) in [6.45, 7) is 1.32. The molecule has 0 unspecified atom stereocenters. The van der Waals surface area contributed by atoms with Crippen LogP contribution in [0.15, 0.2) is 16.6 Å². The van der Waals surface area contributed by atoms with Gasteiger partial charge in [0.15, 0.2) is 11.5 Å². The van der Waals surface area contributed by atoms with Crippen molar-refractivity contribution in [2.24, 2.45) is 0 Å². The van der Waals surface area contributed by atoms with Crippen LogP contribution in [0.5, 0.6) is 11.5 Å². The van der Waals surface area contributed by atoms with Gasteiger partial charge in [-0.1, -0.05) is 0 Å². The van der Waals surface area contributed by atoms with Gasteiger partial charge in [-0.15, -0.1) is 0 Å². The third-order valence-corrected chi connectivity index (χ3v) is 2.09. The topological polar surface area (TPSA) is 61.6 Å². The van der Waals surface area contributed by atoms with Crippen LogP contribution in [0, 0.1) is 0 Å². The summed E-state index contributed by atoms with van der Waals surface area (Å²) in [4.78, 5) is 10.8. The summed E-state index contributed by atoms with van der Waals surface area (Å²) in [6.07, 6.45) is 0. The summed E-state index contributed by atoms with van der Waals surface area (Å²) in [6, 6.07) is 3.23. The van der Waals surface area contributed by atoms with Crippen molar-refractivity contribution in [2.75, 3.05) is 12.8 Å². The third kappa shape index (κ3) is 2.38. The van der Waals surface area contributed by atoms with E-state index in [1.807, 2.05) is 0 Å². The maximum Gasteiger partial charge on any atom is 0.308 e. The molecule has 0 aromatic heterocycles. The Balaban J connectivity index is 3.18. The molecule has 0 fully saturated rings. The standard InChI is InChI=1S/C9H10BrNO3/c1-5(12)14-9-7(10)3-6(11)4-8(9)13-2/h3-4H,11H2,1-2H3. The maximum absolute atomic E-state index is 10.8. The van der Waals surface area contributed by atoms with Crippen LogP contribution in [0.4, 0.5) is 5.69 Å². The summed E-state index contributed by atoms with van der Waals surface area (Å²) in [7, 11) is 1.48. The van der Waals surface area contributed by atoms with Crippen molar-refractivity contribution in [3.63, 3.8) is 0 Å². The Hall–Kier alpha value is -1.23. The molecule has 0 radical (unpaired) electrons. The SMILES string of the molecule is COc1cc(N)cc(Br)c1OC(C)=O. The van der Waals surface area contributed by atoms with E-state index in [1.165, 1.54) is 14.0 Å². The van der Waals surface area contributed by atoms with Crippen molar-refractivity contribution in [2.45, 2.75) is 6.92 Å². The van der Waals surface area contributed by atoms with Gasteiger partial charge in [-0.3, -0.25) is 4.79 Å². The van der Waals surface area contributed by atoms with E-state index in [0.717, 1.165) is 0 Å². The molecule has 0 bridgehead atoms. The fraction of sp³-hybridized carbons (Fsp3) is 0.222. The molecule has 14 heavy (non-hydrogen) atoms. The molecular weight excluding hydrogens is 250 g/mol. The molecule has 0 spiro atoms. The molecule has 5 heteroatoms. The number of nitrogen functional groups attached to an aromatic ring is 1. The number of halogens is 1. The lowest BCUT2D eigenvalue weighted by atomic mass is 10.3. The quantitative estimate of drug-likeness (QED) is 0.501. The molecule has 0 aliphatic rings. The first-order valence-corrected chi connectivity index (χ1v) is 4.65. The number of carbonyl (C=O) groups excluding carboxylic acids is 1. The van der Waals surface area contributed by atoms with E-state index >= 15 is 0 Å². The predicted octanol–water partition coefficient (Wildman–Crippen LogP) is 1.97. The van der Waals surface area contributed by atoms with E-state index < -0.39 is 5.97 Å². The highest BCUT2D eigenvalue weighted by molar-refractivity contribution is 9.10. The fourth-order valence-electron chi connectivity index (χ4n) is 0.983. The van der Waals surface area contributed by atoms with Crippen molar-refractivity contribution >= 4 is 27.6 Å². The zero-order chi connectivity index (χ0) is 10.7. The molecular formula is C9H10BrNO3. The van der Waals surface area contributed by atoms with Crippen LogP contribution < -0.4 is 15.2 Å². The first-order chi connectivity index (χ1) is 6.54. The number of benzene rings is 1. The Kier molecular flexibility index (Phi) is 3.35. The number of anilines is 1. The molecule has 1 aromatic carbocycles. The van der Waals surface area contributed by atoms with Gasteiger partial charge >= 0.3 is 5.97 Å². The number of hydrogen-bond donors (Lipinski definition) is 1. The number of ether oxygens (including phenoxy) is 2. The van der Waals surface area contributed by atoms with Gasteiger partial charge in [0, 0.05) is 18.7 Å². The van der Waals surface area contributed by atoms with Crippen molar-refractivity contribution < 1.29 is 14.3 Å². The summed E-state index contributed by atoms with van der Waals surface area (Å²) in [5.74, 6) is 0.357. The number of rotatable bonds is 2. The molecule has 2 N–H and O–H groups in total. The Labute approximate surface area is 90.1 Å².